The van der Waals surface area contributed by atoms with E-state index in [2.05, 4.69) is 5.32 Å². The standard InChI is InChI=1S/C26H18ClF9N2O2/c1-12-9-14(24(30,25(31,32)33)26(34,35)36)10-13(2)21(12)37-22(39)17-5-4-6-19(20(17)29)38(3)23(40)16-8-7-15(27)11-18(16)28/h4-11H,1-3H3,(H,37,39). The van der Waals surface area contributed by atoms with Gasteiger partial charge >= 0.3 is 18.0 Å². The zero-order valence-corrected chi connectivity index (χ0v) is 21.4. The number of hydrogen-bond donors (Lipinski definition) is 1. The number of aryl methyl sites for hydroxylation is 2. The number of rotatable bonds is 5. The third-order valence-electron chi connectivity index (χ3n) is 6.00. The van der Waals surface area contributed by atoms with Crippen molar-refractivity contribution in [2.45, 2.75) is 31.9 Å². The number of hydrogen-bond acceptors (Lipinski definition) is 2. The number of nitrogens with zero attached hydrogens (tertiary/aromatic N) is 1. The molecule has 0 fully saturated rings. The molecule has 0 aromatic heterocycles. The van der Waals surface area contributed by atoms with Crippen LogP contribution in [0.5, 0.6) is 0 Å². The Bertz CT molecular complexity index is 1450. The third kappa shape index (κ3) is 5.47. The van der Waals surface area contributed by atoms with E-state index in [1.165, 1.54) is 12.1 Å². The predicted octanol–water partition coefficient (Wildman–Crippen LogP) is 8.05. The maximum Gasteiger partial charge on any atom is 0.435 e. The Labute approximate surface area is 226 Å². The van der Waals surface area contributed by atoms with Crippen molar-refractivity contribution in [3.8, 4) is 0 Å². The van der Waals surface area contributed by atoms with Gasteiger partial charge < -0.3 is 10.2 Å². The van der Waals surface area contributed by atoms with Crippen molar-refractivity contribution in [2.75, 3.05) is 17.3 Å². The summed E-state index contributed by atoms with van der Waals surface area (Å²) in [5.41, 5.74) is -10.0. The summed E-state index contributed by atoms with van der Waals surface area (Å²) in [5.74, 6) is -4.40. The number of carbonyl (C=O) groups is 2. The number of anilines is 2. The van der Waals surface area contributed by atoms with E-state index in [9.17, 15) is 44.7 Å². The normalized spacial score (nSPS) is 12.3. The molecule has 0 radical (unpaired) electrons. The monoisotopic (exact) mass is 596 g/mol. The van der Waals surface area contributed by atoms with Crippen molar-refractivity contribution in [2.24, 2.45) is 0 Å². The number of nitrogens with one attached hydrogen (secondary N) is 1. The molecule has 40 heavy (non-hydrogen) atoms. The summed E-state index contributed by atoms with van der Waals surface area (Å²) >= 11 is 5.67. The molecule has 0 aliphatic rings. The largest absolute Gasteiger partial charge is 0.435 e. The molecule has 3 aromatic carbocycles. The highest BCUT2D eigenvalue weighted by atomic mass is 35.5. The van der Waals surface area contributed by atoms with Crippen LogP contribution in [0.3, 0.4) is 0 Å². The van der Waals surface area contributed by atoms with E-state index in [0.29, 0.717) is 0 Å². The van der Waals surface area contributed by atoms with Gasteiger partial charge in [-0.2, -0.15) is 26.3 Å². The Morgan fingerprint density at radius 3 is 1.88 bits per heavy atom. The fraction of sp³-hybridized carbons (Fsp3) is 0.231. The SMILES string of the molecule is Cc1cc(C(F)(C(F)(F)F)C(F)(F)F)cc(C)c1NC(=O)c1cccc(N(C)C(=O)c2ccc(Cl)cc2F)c1F. The highest BCUT2D eigenvalue weighted by Gasteiger charge is 2.73. The molecule has 0 saturated carbocycles. The first-order valence-corrected chi connectivity index (χ1v) is 11.5. The van der Waals surface area contributed by atoms with Gasteiger partial charge in [-0.15, -0.1) is 0 Å². The van der Waals surface area contributed by atoms with Crippen LogP contribution < -0.4 is 10.2 Å². The lowest BCUT2D eigenvalue weighted by Gasteiger charge is -2.31. The molecule has 0 atom stereocenters. The molecule has 3 aromatic rings. The molecule has 0 bridgehead atoms. The molecular weight excluding hydrogens is 579 g/mol. The van der Waals surface area contributed by atoms with Crippen molar-refractivity contribution in [1.29, 1.82) is 0 Å². The molecule has 0 aliphatic carbocycles. The highest BCUT2D eigenvalue weighted by molar-refractivity contribution is 6.30. The Kier molecular flexibility index (Phi) is 8.22. The molecule has 4 nitrogen and oxygen atoms in total. The van der Waals surface area contributed by atoms with Gasteiger partial charge in [-0.3, -0.25) is 9.59 Å². The third-order valence-corrected chi connectivity index (χ3v) is 6.24. The molecule has 14 heteroatoms. The lowest BCUT2D eigenvalue weighted by Crippen LogP contribution is -2.50. The predicted molar refractivity (Wildman–Crippen MR) is 129 cm³/mol. The number of amides is 2. The van der Waals surface area contributed by atoms with Gasteiger partial charge in [-0.05, 0) is 55.3 Å². The second kappa shape index (κ2) is 10.7. The van der Waals surface area contributed by atoms with Crippen LogP contribution in [0.1, 0.15) is 37.4 Å². The van der Waals surface area contributed by atoms with Gasteiger partial charge in [-0.1, -0.05) is 29.8 Å². The molecule has 0 saturated heterocycles. The maximum absolute atomic E-state index is 15.3. The van der Waals surface area contributed by atoms with E-state index in [1.54, 1.807) is 0 Å². The van der Waals surface area contributed by atoms with Crippen molar-refractivity contribution in [3.05, 3.63) is 93.0 Å². The summed E-state index contributed by atoms with van der Waals surface area (Å²) in [7, 11) is 1.11. The number of alkyl halides is 7. The molecule has 214 valence electrons. The first-order chi connectivity index (χ1) is 18.3. The quantitative estimate of drug-likeness (QED) is 0.303. The molecule has 1 N–H and O–H groups in total. The van der Waals surface area contributed by atoms with E-state index in [0.717, 1.165) is 50.1 Å². The Hall–Kier alpha value is -3.74. The molecule has 0 heterocycles. The summed E-state index contributed by atoms with van der Waals surface area (Å²) in [6.45, 7) is 2.05. The second-order valence-electron chi connectivity index (χ2n) is 8.72. The van der Waals surface area contributed by atoms with Crippen LogP contribution in [0.15, 0.2) is 48.5 Å². The van der Waals surface area contributed by atoms with Crippen LogP contribution >= 0.6 is 11.6 Å². The first-order valence-electron chi connectivity index (χ1n) is 11.1. The van der Waals surface area contributed by atoms with Crippen LogP contribution in [0, 0.1) is 25.5 Å². The Morgan fingerprint density at radius 1 is 0.825 bits per heavy atom. The van der Waals surface area contributed by atoms with E-state index in [4.69, 9.17) is 11.6 Å². The number of halogens is 10. The van der Waals surface area contributed by atoms with Crippen LogP contribution in [-0.2, 0) is 5.67 Å². The zero-order valence-electron chi connectivity index (χ0n) is 20.7. The lowest BCUT2D eigenvalue weighted by molar-refractivity contribution is -0.348. The Morgan fingerprint density at radius 2 is 1.38 bits per heavy atom. The van der Waals surface area contributed by atoms with Gasteiger partial charge in [0.15, 0.2) is 5.82 Å². The minimum Gasteiger partial charge on any atom is -0.321 e. The van der Waals surface area contributed by atoms with Crippen LogP contribution in [0.4, 0.5) is 50.9 Å². The van der Waals surface area contributed by atoms with Crippen LogP contribution in [0.2, 0.25) is 5.02 Å². The summed E-state index contributed by atoms with van der Waals surface area (Å²) in [6, 6.07) is 7.03. The van der Waals surface area contributed by atoms with E-state index in [-0.39, 0.29) is 34.0 Å². The molecule has 2 amide bonds. The van der Waals surface area contributed by atoms with Crippen LogP contribution in [-0.4, -0.2) is 31.2 Å². The summed E-state index contributed by atoms with van der Waals surface area (Å²) in [5, 5.41) is 2.20. The minimum atomic E-state index is -6.34. The smallest absolute Gasteiger partial charge is 0.321 e. The van der Waals surface area contributed by atoms with Gasteiger partial charge in [0.25, 0.3) is 11.8 Å². The average molecular weight is 597 g/mol. The molecule has 0 aliphatic heterocycles. The lowest BCUT2D eigenvalue weighted by atomic mass is 9.90. The second-order valence-corrected chi connectivity index (χ2v) is 9.16. The first kappa shape index (κ1) is 30.8. The van der Waals surface area contributed by atoms with E-state index in [1.807, 2.05) is 0 Å². The maximum atomic E-state index is 15.3. The zero-order chi connectivity index (χ0) is 30.4. The fourth-order valence-electron chi connectivity index (χ4n) is 3.94. The van der Waals surface area contributed by atoms with Gasteiger partial charge in [0.05, 0.1) is 16.8 Å². The number of carbonyl (C=O) groups excluding carboxylic acids is 2. The number of benzene rings is 3. The Balaban J connectivity index is 1.96. The van der Waals surface area contributed by atoms with Crippen molar-refractivity contribution < 1.29 is 49.1 Å². The van der Waals surface area contributed by atoms with Crippen molar-refractivity contribution >= 4 is 34.8 Å². The van der Waals surface area contributed by atoms with Crippen molar-refractivity contribution in [1.82, 2.24) is 0 Å². The molecular formula is C26H18ClF9N2O2. The average Bonchev–Trinajstić information content (AvgIpc) is 2.83. The summed E-state index contributed by atoms with van der Waals surface area (Å²) in [6.07, 6.45) is -12.7. The van der Waals surface area contributed by atoms with Gasteiger partial charge in [0.1, 0.15) is 5.82 Å². The highest BCUT2D eigenvalue weighted by Crippen LogP contribution is 2.53. The molecule has 0 unspecified atom stereocenters. The topological polar surface area (TPSA) is 49.4 Å². The van der Waals surface area contributed by atoms with Gasteiger partial charge in [0.2, 0.25) is 0 Å². The summed E-state index contributed by atoms with van der Waals surface area (Å²) in [4.78, 5) is 26.3. The van der Waals surface area contributed by atoms with Crippen LogP contribution in [0.25, 0.3) is 0 Å². The minimum absolute atomic E-state index is 0.00851. The van der Waals surface area contributed by atoms with Gasteiger partial charge in [0, 0.05) is 23.3 Å². The van der Waals surface area contributed by atoms with E-state index < -0.39 is 63.8 Å². The van der Waals surface area contributed by atoms with Crippen molar-refractivity contribution in [3.63, 3.8) is 0 Å². The van der Waals surface area contributed by atoms with E-state index >= 15 is 4.39 Å². The summed E-state index contributed by atoms with van der Waals surface area (Å²) < 4.78 is 123. The molecule has 0 spiro atoms. The van der Waals surface area contributed by atoms with Gasteiger partial charge in [-0.25, -0.2) is 13.2 Å². The molecule has 3 rings (SSSR count). The fourth-order valence-corrected chi connectivity index (χ4v) is 4.09.